The first-order valence-corrected chi connectivity index (χ1v) is 8.43. The summed E-state index contributed by atoms with van der Waals surface area (Å²) in [5, 5.41) is 0. The highest BCUT2D eigenvalue weighted by Gasteiger charge is 2.70. The van der Waals surface area contributed by atoms with Crippen LogP contribution in [0.5, 0.6) is 0 Å². The fraction of sp³-hybridized carbons (Fsp3) is 0.611. The van der Waals surface area contributed by atoms with Crippen molar-refractivity contribution >= 4 is 5.78 Å². The number of rotatable bonds is 3. The summed E-state index contributed by atoms with van der Waals surface area (Å²) in [5.74, 6) is 0.596. The molecule has 0 amide bonds. The van der Waals surface area contributed by atoms with Crippen LogP contribution in [0, 0.1) is 10.8 Å². The molecule has 21 heavy (non-hydrogen) atoms. The monoisotopic (exact) mass is 286 g/mol. The second-order valence-corrected chi connectivity index (χ2v) is 7.46. The summed E-state index contributed by atoms with van der Waals surface area (Å²) in [6.45, 7) is 8.63. The van der Waals surface area contributed by atoms with Gasteiger partial charge in [0.05, 0.1) is 5.56 Å². The Hall–Kier alpha value is -1.19. The van der Waals surface area contributed by atoms with Crippen molar-refractivity contribution < 1.29 is 14.6 Å². The zero-order valence-corrected chi connectivity index (χ0v) is 13.1. The van der Waals surface area contributed by atoms with E-state index in [2.05, 4.69) is 44.2 Å². The molecular weight excluding hydrogens is 260 g/mol. The van der Waals surface area contributed by atoms with Crippen molar-refractivity contribution in [2.75, 3.05) is 26.2 Å². The van der Waals surface area contributed by atoms with E-state index in [9.17, 15) is 4.79 Å². The Labute approximate surface area is 126 Å². The second-order valence-electron chi connectivity index (χ2n) is 7.46. The number of nitrogens with one attached hydrogen (secondary N) is 2. The normalized spacial score (nSPS) is 44.3. The summed E-state index contributed by atoms with van der Waals surface area (Å²) in [6, 6.07) is 10.9. The van der Waals surface area contributed by atoms with Gasteiger partial charge in [-0.05, 0) is 25.0 Å². The predicted octanol–water partition coefficient (Wildman–Crippen LogP) is -0.142. The van der Waals surface area contributed by atoms with Crippen molar-refractivity contribution in [1.82, 2.24) is 0 Å². The van der Waals surface area contributed by atoms with Crippen LogP contribution in [0.15, 0.2) is 30.3 Å². The first kappa shape index (κ1) is 13.5. The summed E-state index contributed by atoms with van der Waals surface area (Å²) in [5.41, 5.74) is 1.37. The Balaban J connectivity index is 1.76. The van der Waals surface area contributed by atoms with Gasteiger partial charge < -0.3 is 0 Å². The number of carbonyl (C=O) groups excluding carboxylic acids is 1. The van der Waals surface area contributed by atoms with Gasteiger partial charge in [0.2, 0.25) is 6.17 Å². The molecule has 0 aliphatic carbocycles. The number of hydrogen-bond donors (Lipinski definition) is 2. The number of benzene rings is 1. The Kier molecular flexibility index (Phi) is 2.82. The van der Waals surface area contributed by atoms with Crippen molar-refractivity contribution in [1.29, 1.82) is 0 Å². The van der Waals surface area contributed by atoms with Gasteiger partial charge in [0.1, 0.15) is 37.0 Å². The first-order valence-electron chi connectivity index (χ1n) is 8.43. The molecule has 112 valence electrons. The summed E-state index contributed by atoms with van der Waals surface area (Å²) < 4.78 is 0. The van der Waals surface area contributed by atoms with E-state index in [1.165, 1.54) is 5.56 Å². The summed E-state index contributed by atoms with van der Waals surface area (Å²) in [6.07, 6.45) is 2.57. The molecule has 4 aliphatic rings. The maximum Gasteiger partial charge on any atom is 0.240 e. The van der Waals surface area contributed by atoms with Crippen molar-refractivity contribution in [2.45, 2.75) is 32.9 Å². The van der Waals surface area contributed by atoms with Gasteiger partial charge in [-0.15, -0.1) is 0 Å². The van der Waals surface area contributed by atoms with Gasteiger partial charge in [0.15, 0.2) is 5.78 Å². The molecule has 1 aromatic rings. The van der Waals surface area contributed by atoms with Gasteiger partial charge in [0, 0.05) is 0 Å². The van der Waals surface area contributed by atoms with E-state index in [0.29, 0.717) is 11.9 Å². The number of quaternary nitrogens is 2. The third kappa shape index (κ3) is 1.65. The number of piperidine rings is 2. The molecule has 3 nitrogen and oxygen atoms in total. The lowest BCUT2D eigenvalue weighted by atomic mass is 9.58. The van der Waals surface area contributed by atoms with Gasteiger partial charge in [-0.3, -0.25) is 14.6 Å². The van der Waals surface area contributed by atoms with Gasteiger partial charge in [-0.1, -0.05) is 32.0 Å². The largest absolute Gasteiger partial charge is 0.297 e. The topological polar surface area (TPSA) is 26.0 Å². The molecule has 4 saturated heterocycles. The molecule has 0 atom stereocenters. The highest BCUT2D eigenvalue weighted by molar-refractivity contribution is 5.92. The molecule has 0 aromatic heterocycles. The Morgan fingerprint density at radius 1 is 0.952 bits per heavy atom. The molecule has 4 heterocycles. The lowest BCUT2D eigenvalue weighted by Gasteiger charge is -2.60. The van der Waals surface area contributed by atoms with Crippen LogP contribution >= 0.6 is 0 Å². The maximum absolute atomic E-state index is 13.1. The highest BCUT2D eigenvalue weighted by atomic mass is 16.1. The molecule has 0 spiro atoms. The average Bonchev–Trinajstić information content (AvgIpc) is 2.52. The summed E-state index contributed by atoms with van der Waals surface area (Å²) in [7, 11) is 0. The standard InChI is InChI=1S/C18H24N2O/c1-3-17-10-19-12-18(4-2,16(17)21)13-20(11-17)15(19)14-8-6-5-7-9-14/h5-9,15H,3-4,10-13H2,1-2H3/p+2. The lowest BCUT2D eigenvalue weighted by Crippen LogP contribution is -3.41. The molecule has 0 unspecified atom stereocenters. The zero-order chi connectivity index (χ0) is 14.7. The molecule has 1 aromatic carbocycles. The third-order valence-corrected chi connectivity index (χ3v) is 6.53. The van der Waals surface area contributed by atoms with E-state index in [0.717, 1.165) is 39.0 Å². The fourth-order valence-corrected chi connectivity index (χ4v) is 5.51. The summed E-state index contributed by atoms with van der Waals surface area (Å²) in [4.78, 5) is 16.4. The van der Waals surface area contributed by atoms with Gasteiger partial charge in [-0.2, -0.15) is 0 Å². The molecule has 5 rings (SSSR count). The van der Waals surface area contributed by atoms with Crippen LogP contribution in [-0.4, -0.2) is 32.0 Å². The van der Waals surface area contributed by atoms with Crippen LogP contribution in [0.25, 0.3) is 0 Å². The van der Waals surface area contributed by atoms with Gasteiger partial charge >= 0.3 is 0 Å². The molecule has 4 fully saturated rings. The third-order valence-electron chi connectivity index (χ3n) is 6.53. The number of Topliss-reactive ketones (excluding diaryl/α,β-unsaturated/α-hetero) is 1. The van der Waals surface area contributed by atoms with Crippen LogP contribution in [0.1, 0.15) is 38.4 Å². The minimum Gasteiger partial charge on any atom is -0.297 e. The molecule has 0 saturated carbocycles. The average molecular weight is 286 g/mol. The minimum atomic E-state index is -0.0392. The predicted molar refractivity (Wildman–Crippen MR) is 81.0 cm³/mol. The van der Waals surface area contributed by atoms with E-state index >= 15 is 0 Å². The van der Waals surface area contributed by atoms with Crippen LogP contribution in [0.4, 0.5) is 0 Å². The number of hydrogen-bond acceptors (Lipinski definition) is 1. The number of carbonyl (C=O) groups is 1. The minimum absolute atomic E-state index is 0.0392. The van der Waals surface area contributed by atoms with E-state index in [-0.39, 0.29) is 10.8 Å². The molecule has 2 N–H and O–H groups in total. The Bertz CT molecular complexity index is 526. The van der Waals surface area contributed by atoms with Crippen LogP contribution in [0.3, 0.4) is 0 Å². The smallest absolute Gasteiger partial charge is 0.240 e. The van der Waals surface area contributed by atoms with Gasteiger partial charge in [-0.25, -0.2) is 0 Å². The fourth-order valence-electron chi connectivity index (χ4n) is 5.51. The first-order chi connectivity index (χ1) is 10.1. The molecule has 4 bridgehead atoms. The molecule has 4 aliphatic heterocycles. The quantitative estimate of drug-likeness (QED) is 0.795. The zero-order valence-electron chi connectivity index (χ0n) is 13.1. The van der Waals surface area contributed by atoms with E-state index < -0.39 is 0 Å². The molecule has 0 radical (unpaired) electrons. The van der Waals surface area contributed by atoms with E-state index in [1.54, 1.807) is 9.80 Å². The van der Waals surface area contributed by atoms with Crippen molar-refractivity contribution in [3.63, 3.8) is 0 Å². The van der Waals surface area contributed by atoms with Gasteiger partial charge in [0.25, 0.3) is 0 Å². The SMILES string of the molecule is CCC12C[NH+]3CC(CC)(C[NH+](C1)C3c1ccccc1)C2=O. The van der Waals surface area contributed by atoms with Crippen LogP contribution in [-0.2, 0) is 4.79 Å². The highest BCUT2D eigenvalue weighted by Crippen LogP contribution is 2.40. The molecule has 3 heteroatoms. The lowest BCUT2D eigenvalue weighted by molar-refractivity contribution is -1.18. The number of ketones is 1. The Morgan fingerprint density at radius 3 is 1.86 bits per heavy atom. The second kappa shape index (κ2) is 4.40. The van der Waals surface area contributed by atoms with Crippen molar-refractivity contribution in [3.8, 4) is 0 Å². The van der Waals surface area contributed by atoms with Crippen molar-refractivity contribution in [3.05, 3.63) is 35.9 Å². The summed E-state index contributed by atoms with van der Waals surface area (Å²) >= 11 is 0. The van der Waals surface area contributed by atoms with Crippen LogP contribution < -0.4 is 9.80 Å². The molecular formula is C18H26N2O+2. The van der Waals surface area contributed by atoms with E-state index in [1.807, 2.05) is 0 Å². The maximum atomic E-state index is 13.1. The van der Waals surface area contributed by atoms with Crippen molar-refractivity contribution in [2.24, 2.45) is 10.8 Å². The van der Waals surface area contributed by atoms with Crippen LogP contribution in [0.2, 0.25) is 0 Å². The Morgan fingerprint density at radius 2 is 1.43 bits per heavy atom. The van der Waals surface area contributed by atoms with E-state index in [4.69, 9.17) is 0 Å².